The SMILES string of the molecule is CON1CCN(c2cnn(-c3cc(F)cc(F)c3)c(=O)c2OCC2(C)CC2)CC1. The molecule has 2 aliphatic rings. The lowest BCUT2D eigenvalue weighted by atomic mass is 10.2. The van der Waals surface area contributed by atoms with Crippen molar-refractivity contribution in [1.29, 1.82) is 0 Å². The summed E-state index contributed by atoms with van der Waals surface area (Å²) in [6.07, 6.45) is 3.61. The number of ether oxygens (including phenoxy) is 1. The topological polar surface area (TPSA) is 59.8 Å². The number of piperazine rings is 1. The zero-order chi connectivity index (χ0) is 20.6. The molecule has 0 amide bonds. The Morgan fingerprint density at radius 2 is 1.76 bits per heavy atom. The largest absolute Gasteiger partial charge is 0.486 e. The van der Waals surface area contributed by atoms with E-state index in [4.69, 9.17) is 9.57 Å². The van der Waals surface area contributed by atoms with E-state index < -0.39 is 17.2 Å². The summed E-state index contributed by atoms with van der Waals surface area (Å²) in [7, 11) is 1.63. The standard InChI is InChI=1S/C20H24F2N4O3/c1-20(3-4-20)13-29-18-17(24-5-7-25(28-2)8-6-24)12-23-26(19(18)27)16-10-14(21)9-15(22)11-16/h9-12H,3-8,13H2,1-2H3. The first-order valence-electron chi connectivity index (χ1n) is 9.64. The predicted molar refractivity (Wildman–Crippen MR) is 103 cm³/mol. The van der Waals surface area contributed by atoms with Crippen LogP contribution in [0.5, 0.6) is 5.75 Å². The second-order valence-corrected chi connectivity index (χ2v) is 7.90. The Hall–Kier alpha value is -2.52. The van der Waals surface area contributed by atoms with Gasteiger partial charge < -0.3 is 14.5 Å². The third kappa shape index (κ3) is 4.25. The molecule has 0 N–H and O–H groups in total. The number of aromatic nitrogens is 2. The van der Waals surface area contributed by atoms with E-state index in [9.17, 15) is 13.6 Å². The fraction of sp³-hybridized carbons (Fsp3) is 0.500. The first-order valence-corrected chi connectivity index (χ1v) is 9.64. The maximum atomic E-state index is 13.7. The van der Waals surface area contributed by atoms with Crippen LogP contribution in [0, 0.1) is 17.0 Å². The molecule has 0 atom stereocenters. The highest BCUT2D eigenvalue weighted by Crippen LogP contribution is 2.45. The van der Waals surface area contributed by atoms with Crippen LogP contribution in [0.4, 0.5) is 14.5 Å². The van der Waals surface area contributed by atoms with Gasteiger partial charge in [-0.1, -0.05) is 6.92 Å². The second-order valence-electron chi connectivity index (χ2n) is 7.90. The van der Waals surface area contributed by atoms with E-state index in [1.165, 1.54) is 6.20 Å². The first kappa shape index (κ1) is 19.8. The summed E-state index contributed by atoms with van der Waals surface area (Å²) in [6.45, 7) is 5.14. The molecule has 29 heavy (non-hydrogen) atoms. The molecule has 156 valence electrons. The molecule has 1 saturated carbocycles. The van der Waals surface area contributed by atoms with Crippen LogP contribution < -0.4 is 15.2 Å². The molecule has 0 spiro atoms. The smallest absolute Gasteiger partial charge is 0.316 e. The molecule has 0 radical (unpaired) electrons. The van der Waals surface area contributed by atoms with Crippen LogP contribution in [0.25, 0.3) is 5.69 Å². The Morgan fingerprint density at radius 3 is 2.34 bits per heavy atom. The van der Waals surface area contributed by atoms with Gasteiger partial charge in [0.05, 0.1) is 25.6 Å². The minimum atomic E-state index is -0.776. The van der Waals surface area contributed by atoms with Crippen LogP contribution in [-0.4, -0.2) is 54.7 Å². The average molecular weight is 406 g/mol. The van der Waals surface area contributed by atoms with E-state index in [2.05, 4.69) is 12.0 Å². The summed E-state index contributed by atoms with van der Waals surface area (Å²) in [5.41, 5.74) is 0.136. The minimum Gasteiger partial charge on any atom is -0.486 e. The zero-order valence-corrected chi connectivity index (χ0v) is 16.5. The van der Waals surface area contributed by atoms with Crippen molar-refractivity contribution in [2.24, 2.45) is 5.41 Å². The molecule has 1 saturated heterocycles. The van der Waals surface area contributed by atoms with Gasteiger partial charge in [0, 0.05) is 37.7 Å². The van der Waals surface area contributed by atoms with Gasteiger partial charge in [-0.3, -0.25) is 4.79 Å². The molecule has 1 aromatic carbocycles. The summed E-state index contributed by atoms with van der Waals surface area (Å²) >= 11 is 0. The lowest BCUT2D eigenvalue weighted by Gasteiger charge is -2.35. The van der Waals surface area contributed by atoms with E-state index in [0.717, 1.165) is 35.7 Å². The molecule has 2 aromatic rings. The summed E-state index contributed by atoms with van der Waals surface area (Å²) in [6, 6.07) is 2.89. The molecule has 0 unspecified atom stereocenters. The first-order chi connectivity index (χ1) is 13.9. The van der Waals surface area contributed by atoms with Gasteiger partial charge in [0.25, 0.3) is 0 Å². The Balaban J connectivity index is 1.71. The third-order valence-electron chi connectivity index (χ3n) is 5.51. The second kappa shape index (κ2) is 7.72. The van der Waals surface area contributed by atoms with E-state index in [1.54, 1.807) is 7.11 Å². The van der Waals surface area contributed by atoms with Crippen molar-refractivity contribution in [3.63, 3.8) is 0 Å². The number of hydroxylamine groups is 2. The molecular weight excluding hydrogens is 382 g/mol. The minimum absolute atomic E-state index is 0.0192. The van der Waals surface area contributed by atoms with Crippen molar-refractivity contribution in [3.05, 3.63) is 46.4 Å². The Bertz CT molecular complexity index is 933. The van der Waals surface area contributed by atoms with E-state index in [-0.39, 0.29) is 16.9 Å². The molecule has 2 heterocycles. The Labute approximate surface area is 167 Å². The summed E-state index contributed by atoms with van der Waals surface area (Å²) in [5, 5.41) is 6.01. The number of halogens is 2. The van der Waals surface area contributed by atoms with Crippen LogP contribution in [0.1, 0.15) is 19.8 Å². The summed E-state index contributed by atoms with van der Waals surface area (Å²) in [5.74, 6) is -1.40. The van der Waals surface area contributed by atoms with Crippen molar-refractivity contribution in [1.82, 2.24) is 14.8 Å². The number of benzene rings is 1. The highest BCUT2D eigenvalue weighted by molar-refractivity contribution is 5.57. The van der Waals surface area contributed by atoms with Crippen LogP contribution in [0.2, 0.25) is 0 Å². The van der Waals surface area contributed by atoms with Crippen molar-refractivity contribution >= 4 is 5.69 Å². The fourth-order valence-electron chi connectivity index (χ4n) is 3.35. The van der Waals surface area contributed by atoms with Gasteiger partial charge in [-0.2, -0.15) is 14.8 Å². The number of nitrogens with zero attached hydrogens (tertiary/aromatic N) is 4. The maximum Gasteiger partial charge on any atom is 0.316 e. The van der Waals surface area contributed by atoms with Gasteiger partial charge in [-0.25, -0.2) is 8.78 Å². The van der Waals surface area contributed by atoms with Crippen LogP contribution in [0.15, 0.2) is 29.2 Å². The Morgan fingerprint density at radius 1 is 1.10 bits per heavy atom. The Kier molecular flexibility index (Phi) is 5.26. The van der Waals surface area contributed by atoms with Gasteiger partial charge in [-0.15, -0.1) is 0 Å². The lowest BCUT2D eigenvalue weighted by Crippen LogP contribution is -2.46. The van der Waals surface area contributed by atoms with Crippen LogP contribution >= 0.6 is 0 Å². The third-order valence-corrected chi connectivity index (χ3v) is 5.51. The van der Waals surface area contributed by atoms with Crippen molar-refractivity contribution in [3.8, 4) is 11.4 Å². The van der Waals surface area contributed by atoms with Crippen LogP contribution in [-0.2, 0) is 4.84 Å². The van der Waals surface area contributed by atoms with Crippen molar-refractivity contribution in [2.45, 2.75) is 19.8 Å². The molecule has 1 aliphatic carbocycles. The van der Waals surface area contributed by atoms with E-state index in [1.807, 2.05) is 9.96 Å². The number of hydrogen-bond donors (Lipinski definition) is 0. The molecule has 0 bridgehead atoms. The van der Waals surface area contributed by atoms with Gasteiger partial charge >= 0.3 is 5.56 Å². The molecule has 1 aliphatic heterocycles. The maximum absolute atomic E-state index is 13.7. The average Bonchev–Trinajstić information content (AvgIpc) is 3.43. The highest BCUT2D eigenvalue weighted by Gasteiger charge is 2.39. The van der Waals surface area contributed by atoms with Gasteiger partial charge in [0.15, 0.2) is 0 Å². The zero-order valence-electron chi connectivity index (χ0n) is 16.5. The lowest BCUT2D eigenvalue weighted by molar-refractivity contribution is -0.133. The molecule has 1 aromatic heterocycles. The van der Waals surface area contributed by atoms with Gasteiger partial charge in [-0.05, 0) is 25.0 Å². The fourth-order valence-corrected chi connectivity index (χ4v) is 3.35. The molecule has 7 nitrogen and oxygen atoms in total. The quantitative estimate of drug-likeness (QED) is 0.734. The van der Waals surface area contributed by atoms with Gasteiger partial charge in [0.1, 0.15) is 17.3 Å². The summed E-state index contributed by atoms with van der Waals surface area (Å²) in [4.78, 5) is 20.5. The molecular formula is C20H24F2N4O3. The molecule has 2 fully saturated rings. The monoisotopic (exact) mass is 406 g/mol. The highest BCUT2D eigenvalue weighted by atomic mass is 19.1. The van der Waals surface area contributed by atoms with E-state index in [0.29, 0.717) is 38.5 Å². The number of rotatable bonds is 6. The van der Waals surface area contributed by atoms with E-state index >= 15 is 0 Å². The number of anilines is 1. The van der Waals surface area contributed by atoms with Crippen LogP contribution in [0.3, 0.4) is 0 Å². The number of hydrogen-bond acceptors (Lipinski definition) is 6. The summed E-state index contributed by atoms with van der Waals surface area (Å²) < 4.78 is 34.3. The van der Waals surface area contributed by atoms with Crippen molar-refractivity contribution in [2.75, 3.05) is 44.8 Å². The normalized spacial score (nSPS) is 18.7. The van der Waals surface area contributed by atoms with Gasteiger partial charge in [0.2, 0.25) is 5.75 Å². The predicted octanol–water partition coefficient (Wildman–Crippen LogP) is 2.37. The van der Waals surface area contributed by atoms with Crippen molar-refractivity contribution < 1.29 is 18.4 Å². The molecule has 4 rings (SSSR count). The molecule has 9 heteroatoms.